The van der Waals surface area contributed by atoms with Crippen LogP contribution in [0.1, 0.15) is 56.7 Å². The fraction of sp³-hybridized carbons (Fsp3) is 0.778. The summed E-state index contributed by atoms with van der Waals surface area (Å²) >= 11 is 0. The minimum absolute atomic E-state index is 0.325. The summed E-state index contributed by atoms with van der Waals surface area (Å²) in [4.78, 5) is 6.41. The molecule has 0 bridgehead atoms. The first kappa shape index (κ1) is 19.0. The monoisotopic (exact) mass is 362 g/mol. The van der Waals surface area contributed by atoms with Gasteiger partial charge in [0.25, 0.3) is 0 Å². The number of likely N-dealkylation sites (tertiary alicyclic amines) is 1. The zero-order valence-corrected chi connectivity index (χ0v) is 15.8. The molecule has 1 aromatic heterocycles. The number of hydrogen-bond donors (Lipinski definition) is 3. The first-order valence-corrected chi connectivity index (χ1v) is 9.54. The minimum atomic E-state index is -0.325. The molecule has 1 aromatic rings. The van der Waals surface area contributed by atoms with Gasteiger partial charge in [0.2, 0.25) is 5.89 Å². The quantitative estimate of drug-likeness (QED) is 0.528. The highest BCUT2D eigenvalue weighted by Crippen LogP contribution is 2.24. The lowest BCUT2D eigenvalue weighted by Gasteiger charge is -2.37. The van der Waals surface area contributed by atoms with Crippen molar-refractivity contribution in [2.45, 2.75) is 64.0 Å². The predicted octanol–water partition coefficient (Wildman–Crippen LogP) is 2.10. The Morgan fingerprint density at radius 1 is 1.19 bits per heavy atom. The number of nitrogens with zero attached hydrogens (tertiary/aromatic N) is 3. The molecule has 8 heteroatoms. The van der Waals surface area contributed by atoms with Crippen molar-refractivity contribution >= 4 is 11.5 Å². The average Bonchev–Trinajstić information content (AvgIpc) is 3.07. The smallest absolute Gasteiger partial charge is 0.237 e. The molecular weight excluding hydrogens is 332 g/mol. The van der Waals surface area contributed by atoms with E-state index >= 15 is 0 Å². The Morgan fingerprint density at radius 2 is 1.85 bits per heavy atom. The van der Waals surface area contributed by atoms with E-state index in [2.05, 4.69) is 20.4 Å². The molecule has 3 heterocycles. The third-order valence-electron chi connectivity index (χ3n) is 5.21. The number of nitrogens with one attached hydrogen (secondary N) is 3. The maximum absolute atomic E-state index is 8.66. The molecule has 0 radical (unpaired) electrons. The summed E-state index contributed by atoms with van der Waals surface area (Å²) in [5, 5.41) is 24.1. The lowest BCUT2D eigenvalue weighted by atomic mass is 9.96. The van der Waals surface area contributed by atoms with Crippen molar-refractivity contribution in [2.75, 3.05) is 26.3 Å². The summed E-state index contributed by atoms with van der Waals surface area (Å²) in [6.45, 7) is 6.94. The van der Waals surface area contributed by atoms with E-state index in [9.17, 15) is 0 Å². The molecule has 0 aromatic carbocycles. The molecule has 1 unspecified atom stereocenters. The highest BCUT2D eigenvalue weighted by atomic mass is 16.5. The lowest BCUT2D eigenvalue weighted by molar-refractivity contribution is 0.0722. The van der Waals surface area contributed by atoms with Gasteiger partial charge in [-0.25, -0.2) is 0 Å². The van der Waals surface area contributed by atoms with Crippen LogP contribution >= 0.6 is 0 Å². The molecule has 8 nitrogen and oxygen atoms in total. The van der Waals surface area contributed by atoms with Gasteiger partial charge in [0.15, 0.2) is 5.82 Å². The largest absolute Gasteiger partial charge is 0.381 e. The van der Waals surface area contributed by atoms with Crippen LogP contribution in [0.15, 0.2) is 4.52 Å². The minimum Gasteiger partial charge on any atom is -0.381 e. The summed E-state index contributed by atoms with van der Waals surface area (Å²) < 4.78 is 10.7. The summed E-state index contributed by atoms with van der Waals surface area (Å²) in [6.07, 6.45) is 4.68. The molecule has 0 spiro atoms. The van der Waals surface area contributed by atoms with Crippen LogP contribution in [-0.2, 0) is 4.74 Å². The van der Waals surface area contributed by atoms with Crippen LogP contribution in [0.2, 0.25) is 0 Å². The third-order valence-corrected chi connectivity index (χ3v) is 5.21. The first-order valence-electron chi connectivity index (χ1n) is 9.54. The molecule has 2 aliphatic rings. The third kappa shape index (κ3) is 4.88. The van der Waals surface area contributed by atoms with E-state index in [0.29, 0.717) is 41.8 Å². The van der Waals surface area contributed by atoms with Crippen LogP contribution in [0.3, 0.4) is 0 Å². The van der Waals surface area contributed by atoms with Gasteiger partial charge in [0.05, 0.1) is 0 Å². The Morgan fingerprint density at radius 3 is 2.42 bits per heavy atom. The van der Waals surface area contributed by atoms with Crippen LogP contribution in [0, 0.1) is 17.7 Å². The Balaban J connectivity index is 1.56. The van der Waals surface area contributed by atoms with E-state index in [1.54, 1.807) is 13.8 Å². The Hall–Kier alpha value is -1.80. The standard InChI is InChI=1S/C18H30N6O2/c1-12(19)11-16(18-21-13(2)23-26-18)17(20)24-7-3-14(4-8-24)22-15-5-9-25-10-6-15/h14-16,19-20,22H,3-11H2,1-2H3. The van der Waals surface area contributed by atoms with Gasteiger partial charge in [0, 0.05) is 50.5 Å². The summed E-state index contributed by atoms with van der Waals surface area (Å²) in [5.41, 5.74) is 0.520. The SMILES string of the molecule is CC(=N)CC(C(=N)N1CCC(NC2CCOCC2)CC1)c1nc(C)no1. The number of rotatable bonds is 6. The van der Waals surface area contributed by atoms with E-state index in [-0.39, 0.29) is 5.92 Å². The fourth-order valence-corrected chi connectivity index (χ4v) is 3.77. The van der Waals surface area contributed by atoms with Gasteiger partial charge in [0.1, 0.15) is 11.8 Å². The van der Waals surface area contributed by atoms with Crippen molar-refractivity contribution in [1.82, 2.24) is 20.4 Å². The number of aryl methyl sites for hydroxylation is 1. The number of aromatic nitrogens is 2. The van der Waals surface area contributed by atoms with Crippen molar-refractivity contribution in [1.29, 1.82) is 10.8 Å². The zero-order chi connectivity index (χ0) is 18.5. The van der Waals surface area contributed by atoms with Gasteiger partial charge in [-0.3, -0.25) is 5.41 Å². The van der Waals surface area contributed by atoms with Crippen molar-refractivity contribution in [3.8, 4) is 0 Å². The maximum atomic E-state index is 8.66. The van der Waals surface area contributed by atoms with Crippen molar-refractivity contribution in [3.05, 3.63) is 11.7 Å². The van der Waals surface area contributed by atoms with Crippen LogP contribution in [-0.4, -0.2) is 65.0 Å². The summed E-state index contributed by atoms with van der Waals surface area (Å²) in [6, 6.07) is 1.07. The molecule has 0 saturated carbocycles. The topological polar surface area (TPSA) is 111 Å². The van der Waals surface area contributed by atoms with E-state index in [1.807, 2.05) is 0 Å². The highest BCUT2D eigenvalue weighted by molar-refractivity contribution is 5.91. The van der Waals surface area contributed by atoms with Crippen LogP contribution in [0.4, 0.5) is 0 Å². The molecule has 0 amide bonds. The number of amidine groups is 1. The Kier molecular flexibility index (Phi) is 6.37. The second-order valence-electron chi connectivity index (χ2n) is 7.42. The average molecular weight is 362 g/mol. The van der Waals surface area contributed by atoms with Crippen molar-refractivity contribution < 1.29 is 9.26 Å². The molecule has 144 valence electrons. The van der Waals surface area contributed by atoms with Crippen LogP contribution in [0.5, 0.6) is 0 Å². The van der Waals surface area contributed by atoms with Crippen LogP contribution < -0.4 is 5.32 Å². The number of ether oxygens (including phenoxy) is 1. The Labute approximate surface area is 154 Å². The number of piperidine rings is 1. The normalized spacial score (nSPS) is 20.9. The molecule has 1 atom stereocenters. The molecule has 3 N–H and O–H groups in total. The van der Waals surface area contributed by atoms with E-state index in [0.717, 1.165) is 52.0 Å². The van der Waals surface area contributed by atoms with Crippen LogP contribution in [0.25, 0.3) is 0 Å². The molecule has 2 aliphatic heterocycles. The zero-order valence-electron chi connectivity index (χ0n) is 15.8. The second kappa shape index (κ2) is 8.73. The van der Waals surface area contributed by atoms with Crippen molar-refractivity contribution in [3.63, 3.8) is 0 Å². The van der Waals surface area contributed by atoms with E-state index in [1.165, 1.54) is 0 Å². The molecule has 2 fully saturated rings. The molecule has 2 saturated heterocycles. The first-order chi connectivity index (χ1) is 12.5. The van der Waals surface area contributed by atoms with E-state index in [4.69, 9.17) is 20.1 Å². The van der Waals surface area contributed by atoms with Gasteiger partial charge in [-0.1, -0.05) is 5.16 Å². The number of hydrogen-bond acceptors (Lipinski definition) is 7. The maximum Gasteiger partial charge on any atom is 0.237 e. The summed E-state index contributed by atoms with van der Waals surface area (Å²) in [7, 11) is 0. The Bertz CT molecular complexity index is 617. The van der Waals surface area contributed by atoms with Gasteiger partial charge >= 0.3 is 0 Å². The van der Waals surface area contributed by atoms with Gasteiger partial charge in [-0.15, -0.1) is 0 Å². The van der Waals surface area contributed by atoms with Gasteiger partial charge in [-0.05, 0) is 39.5 Å². The molecule has 26 heavy (non-hydrogen) atoms. The van der Waals surface area contributed by atoms with E-state index < -0.39 is 0 Å². The van der Waals surface area contributed by atoms with Gasteiger partial charge < -0.3 is 24.9 Å². The molecule has 3 rings (SSSR count). The highest BCUT2D eigenvalue weighted by Gasteiger charge is 2.31. The molecular formula is C18H30N6O2. The lowest BCUT2D eigenvalue weighted by Crippen LogP contribution is -2.49. The molecule has 0 aliphatic carbocycles. The van der Waals surface area contributed by atoms with Crippen molar-refractivity contribution in [2.24, 2.45) is 0 Å². The second-order valence-corrected chi connectivity index (χ2v) is 7.42. The van der Waals surface area contributed by atoms with Gasteiger partial charge in [-0.2, -0.15) is 4.98 Å². The predicted molar refractivity (Wildman–Crippen MR) is 99.1 cm³/mol. The summed E-state index contributed by atoms with van der Waals surface area (Å²) in [5.74, 6) is 1.18. The fourth-order valence-electron chi connectivity index (χ4n) is 3.77.